The zero-order chi connectivity index (χ0) is 23.5. The number of hydrogen-bond acceptors (Lipinski definition) is 5. The summed E-state index contributed by atoms with van der Waals surface area (Å²) in [6.07, 6.45) is 4.82. The predicted octanol–water partition coefficient (Wildman–Crippen LogP) is 6.33. The van der Waals surface area contributed by atoms with E-state index in [0.717, 1.165) is 34.7 Å². The summed E-state index contributed by atoms with van der Waals surface area (Å²) >= 11 is 6.85. The van der Waals surface area contributed by atoms with E-state index in [1.165, 1.54) is 11.8 Å². The number of aromatic nitrogens is 2. The molecule has 0 radical (unpaired) electrons. The van der Waals surface area contributed by atoms with Crippen molar-refractivity contribution < 1.29 is 9.53 Å². The van der Waals surface area contributed by atoms with E-state index in [0.29, 0.717) is 9.23 Å². The lowest BCUT2D eigenvalue weighted by molar-refractivity contribution is -0.123. The van der Waals surface area contributed by atoms with E-state index in [9.17, 15) is 4.79 Å². The maximum atomic E-state index is 13.1. The van der Waals surface area contributed by atoms with Crippen LogP contribution in [0.15, 0.2) is 65.7 Å². The number of rotatable bonds is 7. The summed E-state index contributed by atoms with van der Waals surface area (Å²) < 4.78 is 8.23. The number of carbonyl (C=O) groups excluding carboxylic acids is 1. The Balaban J connectivity index is 1.76. The van der Waals surface area contributed by atoms with Crippen LogP contribution in [-0.4, -0.2) is 37.1 Å². The van der Waals surface area contributed by atoms with Gasteiger partial charge in [0.05, 0.1) is 22.4 Å². The third-order valence-corrected chi connectivity index (χ3v) is 6.73. The van der Waals surface area contributed by atoms with E-state index in [4.69, 9.17) is 22.1 Å². The van der Waals surface area contributed by atoms with Gasteiger partial charge in [0.25, 0.3) is 5.91 Å². The van der Waals surface area contributed by atoms with Crippen molar-refractivity contribution in [1.29, 1.82) is 0 Å². The highest BCUT2D eigenvalue weighted by Gasteiger charge is 2.35. The molecule has 170 valence electrons. The summed E-state index contributed by atoms with van der Waals surface area (Å²) in [7, 11) is 0. The summed E-state index contributed by atoms with van der Waals surface area (Å²) in [6, 6.07) is 17.9. The third-order valence-electron chi connectivity index (χ3n) is 5.40. The van der Waals surface area contributed by atoms with Gasteiger partial charge in [-0.1, -0.05) is 49.1 Å². The van der Waals surface area contributed by atoms with Gasteiger partial charge in [0.1, 0.15) is 10.1 Å². The molecule has 7 heteroatoms. The fraction of sp³-hybridized carbons (Fsp3) is 0.269. The van der Waals surface area contributed by atoms with Crippen LogP contribution in [0.5, 0.6) is 5.75 Å². The number of carbonyl (C=O) groups is 1. The Kier molecular flexibility index (Phi) is 7.00. The molecule has 1 aromatic heterocycles. The summed E-state index contributed by atoms with van der Waals surface area (Å²) in [6.45, 7) is 8.08. The predicted molar refractivity (Wildman–Crippen MR) is 140 cm³/mol. The first-order valence-corrected chi connectivity index (χ1v) is 12.3. The molecule has 2 aromatic carbocycles. The Morgan fingerprint density at radius 3 is 2.42 bits per heavy atom. The largest absolute Gasteiger partial charge is 0.491 e. The number of ether oxygens (including phenoxy) is 1. The highest BCUT2D eigenvalue weighted by molar-refractivity contribution is 8.26. The van der Waals surface area contributed by atoms with Crippen molar-refractivity contribution in [1.82, 2.24) is 14.7 Å². The zero-order valence-corrected chi connectivity index (χ0v) is 20.8. The fourth-order valence-electron chi connectivity index (χ4n) is 3.58. The number of thiocarbonyl (C=S) groups is 1. The van der Waals surface area contributed by atoms with Crippen LogP contribution in [0.1, 0.15) is 39.7 Å². The number of para-hydroxylation sites is 1. The molecule has 1 amide bonds. The first-order valence-electron chi connectivity index (χ1n) is 11.1. The normalized spacial score (nSPS) is 16.2. The summed E-state index contributed by atoms with van der Waals surface area (Å²) in [5.41, 5.74) is 3.56. The van der Waals surface area contributed by atoms with Gasteiger partial charge in [0.2, 0.25) is 0 Å². The highest BCUT2D eigenvalue weighted by atomic mass is 32.2. The zero-order valence-electron chi connectivity index (χ0n) is 19.2. The molecule has 0 bridgehead atoms. The molecule has 0 saturated carbocycles. The Bertz CT molecular complexity index is 1180. The lowest BCUT2D eigenvalue weighted by Gasteiger charge is -2.21. The number of thioether (sulfide) groups is 1. The van der Waals surface area contributed by atoms with Crippen LogP contribution < -0.4 is 4.74 Å². The Morgan fingerprint density at radius 1 is 1.09 bits per heavy atom. The topological polar surface area (TPSA) is 47.4 Å². The molecule has 5 nitrogen and oxygen atoms in total. The molecule has 0 spiro atoms. The number of amides is 1. The molecule has 1 saturated heterocycles. The molecule has 0 N–H and O–H groups in total. The van der Waals surface area contributed by atoms with Crippen molar-refractivity contribution in [3.05, 3.63) is 71.3 Å². The molecule has 3 aromatic rings. The van der Waals surface area contributed by atoms with Crippen LogP contribution >= 0.6 is 24.0 Å². The monoisotopic (exact) mass is 477 g/mol. The minimum Gasteiger partial charge on any atom is -0.491 e. The van der Waals surface area contributed by atoms with E-state index in [-0.39, 0.29) is 18.1 Å². The van der Waals surface area contributed by atoms with Crippen LogP contribution in [0.4, 0.5) is 0 Å². The van der Waals surface area contributed by atoms with Gasteiger partial charge in [-0.15, -0.1) is 0 Å². The number of hydrogen-bond donors (Lipinski definition) is 0. The van der Waals surface area contributed by atoms with Gasteiger partial charge < -0.3 is 4.74 Å². The van der Waals surface area contributed by atoms with Crippen molar-refractivity contribution in [2.24, 2.45) is 0 Å². The van der Waals surface area contributed by atoms with E-state index in [1.807, 2.05) is 92.3 Å². The smallest absolute Gasteiger partial charge is 0.266 e. The van der Waals surface area contributed by atoms with Crippen molar-refractivity contribution >= 4 is 40.3 Å². The first-order chi connectivity index (χ1) is 15.9. The highest BCUT2D eigenvalue weighted by Crippen LogP contribution is 2.36. The van der Waals surface area contributed by atoms with E-state index in [1.54, 1.807) is 4.90 Å². The molecule has 4 rings (SSSR count). The molecule has 1 aliphatic rings. The minimum atomic E-state index is -0.0431. The van der Waals surface area contributed by atoms with Crippen LogP contribution in [0, 0.1) is 0 Å². The van der Waals surface area contributed by atoms with Crippen molar-refractivity contribution in [3.63, 3.8) is 0 Å². The molecular formula is C26H27N3O2S2. The molecule has 0 aliphatic carbocycles. The van der Waals surface area contributed by atoms with Crippen LogP contribution in [-0.2, 0) is 4.79 Å². The standard InChI is InChI=1S/C26H27N3O2S2/c1-5-18(4)29-25(30)23(33-26(29)32)15-20-16-28(21-9-7-6-8-10-21)27-24(20)19-11-13-22(14-12-19)31-17(2)3/h6-18H,5H2,1-4H3. The quantitative estimate of drug-likeness (QED) is 0.294. The second-order valence-electron chi connectivity index (χ2n) is 8.21. The molecule has 1 aliphatic heterocycles. The lowest BCUT2D eigenvalue weighted by atomic mass is 10.1. The summed E-state index contributed by atoms with van der Waals surface area (Å²) in [4.78, 5) is 15.4. The number of benzene rings is 2. The lowest BCUT2D eigenvalue weighted by Crippen LogP contribution is -2.36. The molecule has 1 atom stereocenters. The SMILES string of the molecule is CCC(C)N1C(=O)C(=Cc2cn(-c3ccccc3)nc2-c2ccc(OC(C)C)cc2)SC1=S. The maximum Gasteiger partial charge on any atom is 0.266 e. The average molecular weight is 478 g/mol. The molecule has 1 unspecified atom stereocenters. The van der Waals surface area contributed by atoms with Crippen LogP contribution in [0.3, 0.4) is 0 Å². The van der Waals surface area contributed by atoms with Gasteiger partial charge in [-0.3, -0.25) is 9.69 Å². The van der Waals surface area contributed by atoms with Gasteiger partial charge in [-0.25, -0.2) is 4.68 Å². The molecule has 2 heterocycles. The van der Waals surface area contributed by atoms with Gasteiger partial charge >= 0.3 is 0 Å². The van der Waals surface area contributed by atoms with E-state index < -0.39 is 0 Å². The molecular weight excluding hydrogens is 450 g/mol. The molecule has 33 heavy (non-hydrogen) atoms. The van der Waals surface area contributed by atoms with Gasteiger partial charge in [-0.2, -0.15) is 5.10 Å². The van der Waals surface area contributed by atoms with Crippen molar-refractivity contribution in [2.75, 3.05) is 0 Å². The average Bonchev–Trinajstić information content (AvgIpc) is 3.35. The van der Waals surface area contributed by atoms with Crippen LogP contribution in [0.25, 0.3) is 23.0 Å². The Hall–Kier alpha value is -2.90. The van der Waals surface area contributed by atoms with Gasteiger partial charge in [0, 0.05) is 23.4 Å². The second kappa shape index (κ2) is 9.93. The summed E-state index contributed by atoms with van der Waals surface area (Å²) in [5, 5.41) is 4.86. The van der Waals surface area contributed by atoms with Crippen molar-refractivity contribution in [3.8, 4) is 22.7 Å². The maximum absolute atomic E-state index is 13.1. The van der Waals surface area contributed by atoms with Crippen molar-refractivity contribution in [2.45, 2.75) is 46.3 Å². The van der Waals surface area contributed by atoms with E-state index >= 15 is 0 Å². The van der Waals surface area contributed by atoms with Gasteiger partial charge in [-0.05, 0) is 69.7 Å². The minimum absolute atomic E-state index is 0.0431. The first kappa shape index (κ1) is 23.3. The van der Waals surface area contributed by atoms with Gasteiger partial charge in [0.15, 0.2) is 0 Å². The third kappa shape index (κ3) is 5.04. The Labute approximate surface area is 204 Å². The summed E-state index contributed by atoms with van der Waals surface area (Å²) in [5.74, 6) is 0.769. The molecule has 1 fully saturated rings. The van der Waals surface area contributed by atoms with E-state index in [2.05, 4.69) is 6.92 Å². The Morgan fingerprint density at radius 2 is 1.79 bits per heavy atom. The fourth-order valence-corrected chi connectivity index (χ4v) is 5.03. The second-order valence-corrected chi connectivity index (χ2v) is 9.89. The van der Waals surface area contributed by atoms with Crippen LogP contribution in [0.2, 0.25) is 0 Å². The number of nitrogens with zero attached hydrogens (tertiary/aromatic N) is 3.